The van der Waals surface area contributed by atoms with E-state index in [-0.39, 0.29) is 11.5 Å². The Morgan fingerprint density at radius 3 is 2.66 bits per heavy atom. The number of nitrogens with zero attached hydrogens (tertiary/aromatic N) is 5. The molecule has 1 saturated heterocycles. The minimum atomic E-state index is -4.77. The van der Waals surface area contributed by atoms with E-state index in [1.54, 1.807) is 12.3 Å². The summed E-state index contributed by atoms with van der Waals surface area (Å²) in [5, 5.41) is 4.52. The maximum atomic E-state index is 12.6. The molecular formula is C30H29F3N6O2. The number of methoxy groups -OCH3 is 1. The molecule has 41 heavy (non-hydrogen) atoms. The third kappa shape index (κ3) is 6.25. The Morgan fingerprint density at radius 2 is 1.90 bits per heavy atom. The molecule has 1 aliphatic heterocycles. The van der Waals surface area contributed by atoms with Gasteiger partial charge in [-0.3, -0.25) is 9.97 Å². The molecule has 0 radical (unpaired) electrons. The fourth-order valence-corrected chi connectivity index (χ4v) is 5.09. The van der Waals surface area contributed by atoms with Crippen molar-refractivity contribution in [3.8, 4) is 22.9 Å². The van der Waals surface area contributed by atoms with Crippen LogP contribution in [-0.4, -0.2) is 59.6 Å². The predicted molar refractivity (Wildman–Crippen MR) is 150 cm³/mol. The number of benzene rings is 1. The summed E-state index contributed by atoms with van der Waals surface area (Å²) in [6.45, 7) is 3.55. The number of hydrogen-bond acceptors (Lipinski definition) is 8. The first-order chi connectivity index (χ1) is 19.9. The van der Waals surface area contributed by atoms with Crippen LogP contribution < -0.4 is 19.7 Å². The zero-order chi connectivity index (χ0) is 28.4. The van der Waals surface area contributed by atoms with Crippen molar-refractivity contribution in [1.82, 2.24) is 25.3 Å². The lowest BCUT2D eigenvalue weighted by molar-refractivity contribution is -0.274. The van der Waals surface area contributed by atoms with Crippen molar-refractivity contribution < 1.29 is 22.6 Å². The lowest BCUT2D eigenvalue weighted by atomic mass is 10.1. The molecule has 4 heterocycles. The Hall–Kier alpha value is -4.25. The van der Waals surface area contributed by atoms with Crippen LogP contribution in [0.2, 0.25) is 0 Å². The van der Waals surface area contributed by atoms with E-state index in [2.05, 4.69) is 24.9 Å². The Labute approximate surface area is 235 Å². The summed E-state index contributed by atoms with van der Waals surface area (Å²) in [7, 11) is 1.40. The summed E-state index contributed by atoms with van der Waals surface area (Å²) in [5.74, 6) is 2.04. The quantitative estimate of drug-likeness (QED) is 0.300. The Kier molecular flexibility index (Phi) is 7.44. The first kappa shape index (κ1) is 26.9. The number of piperazine rings is 1. The highest BCUT2D eigenvalue weighted by Gasteiger charge is 2.31. The van der Waals surface area contributed by atoms with Crippen LogP contribution in [0, 0.1) is 0 Å². The predicted octanol–water partition coefficient (Wildman–Crippen LogP) is 5.54. The molecule has 4 aromatic rings. The highest BCUT2D eigenvalue weighted by molar-refractivity contribution is 5.94. The van der Waals surface area contributed by atoms with Gasteiger partial charge in [0.25, 0.3) is 0 Å². The lowest BCUT2D eigenvalue weighted by Crippen LogP contribution is -2.44. The minimum absolute atomic E-state index is 0.272. The summed E-state index contributed by atoms with van der Waals surface area (Å²) in [6.07, 6.45) is 7.25. The SMILES string of the molecule is COc1cc(OC(F)(F)F)ccc1/C=C/Cc1cc(-c2nc(N3CCNCC3)c3c(C4CC4)cncc3n2)ccn1. The Morgan fingerprint density at radius 1 is 1.07 bits per heavy atom. The zero-order valence-corrected chi connectivity index (χ0v) is 22.5. The van der Waals surface area contributed by atoms with Gasteiger partial charge in [-0.1, -0.05) is 12.2 Å². The van der Waals surface area contributed by atoms with Gasteiger partial charge in [-0.2, -0.15) is 0 Å². The lowest BCUT2D eigenvalue weighted by Gasteiger charge is -2.30. The van der Waals surface area contributed by atoms with Crippen molar-refractivity contribution in [2.75, 3.05) is 38.2 Å². The van der Waals surface area contributed by atoms with Gasteiger partial charge in [0.05, 0.1) is 18.8 Å². The second-order valence-corrected chi connectivity index (χ2v) is 10.1. The number of nitrogens with one attached hydrogen (secondary N) is 1. The van der Waals surface area contributed by atoms with E-state index in [1.165, 1.54) is 43.7 Å². The van der Waals surface area contributed by atoms with Gasteiger partial charge >= 0.3 is 6.36 Å². The monoisotopic (exact) mass is 562 g/mol. The molecule has 1 aromatic carbocycles. The zero-order valence-electron chi connectivity index (χ0n) is 22.5. The van der Waals surface area contributed by atoms with Crippen molar-refractivity contribution >= 4 is 22.8 Å². The fraction of sp³-hybridized carbons (Fsp3) is 0.333. The van der Waals surface area contributed by atoms with Gasteiger partial charge < -0.3 is 19.7 Å². The first-order valence-electron chi connectivity index (χ1n) is 13.5. The van der Waals surface area contributed by atoms with Crippen LogP contribution in [0.4, 0.5) is 19.0 Å². The van der Waals surface area contributed by atoms with E-state index in [4.69, 9.17) is 14.7 Å². The number of rotatable bonds is 8. The molecule has 1 saturated carbocycles. The molecule has 2 aliphatic rings. The first-order valence-corrected chi connectivity index (χ1v) is 13.5. The molecule has 1 N–H and O–H groups in total. The van der Waals surface area contributed by atoms with Gasteiger partial charge in [0.15, 0.2) is 5.82 Å². The van der Waals surface area contributed by atoms with Crippen LogP contribution in [0.3, 0.4) is 0 Å². The van der Waals surface area contributed by atoms with Gasteiger partial charge in [0.1, 0.15) is 17.3 Å². The number of anilines is 1. The van der Waals surface area contributed by atoms with Crippen molar-refractivity contribution in [2.45, 2.75) is 31.5 Å². The van der Waals surface area contributed by atoms with E-state index in [9.17, 15) is 13.2 Å². The van der Waals surface area contributed by atoms with Crippen LogP contribution in [0.15, 0.2) is 55.0 Å². The molecule has 1 aliphatic carbocycles. The van der Waals surface area contributed by atoms with Gasteiger partial charge in [-0.15, -0.1) is 13.2 Å². The van der Waals surface area contributed by atoms with Crippen molar-refractivity contribution in [3.63, 3.8) is 0 Å². The Bertz CT molecular complexity index is 1580. The molecule has 3 aromatic heterocycles. The van der Waals surface area contributed by atoms with E-state index < -0.39 is 6.36 Å². The number of pyridine rings is 2. The van der Waals surface area contributed by atoms with E-state index >= 15 is 0 Å². The summed E-state index contributed by atoms with van der Waals surface area (Å²) in [6, 6.07) is 7.84. The summed E-state index contributed by atoms with van der Waals surface area (Å²) in [5.41, 5.74) is 4.35. The molecule has 8 nitrogen and oxygen atoms in total. The third-order valence-corrected chi connectivity index (χ3v) is 7.19. The molecule has 11 heteroatoms. The normalized spacial score (nSPS) is 16.0. The van der Waals surface area contributed by atoms with Crippen LogP contribution in [0.5, 0.6) is 11.5 Å². The molecule has 2 fully saturated rings. The molecule has 212 valence electrons. The second kappa shape index (κ2) is 11.3. The maximum absolute atomic E-state index is 12.6. The van der Waals surface area contributed by atoms with Gasteiger partial charge in [-0.25, -0.2) is 9.97 Å². The number of allylic oxidation sites excluding steroid dienone is 1. The maximum Gasteiger partial charge on any atom is 0.573 e. The minimum Gasteiger partial charge on any atom is -0.496 e. The second-order valence-electron chi connectivity index (χ2n) is 10.1. The molecule has 0 atom stereocenters. The third-order valence-electron chi connectivity index (χ3n) is 7.19. The van der Waals surface area contributed by atoms with Gasteiger partial charge in [0.2, 0.25) is 0 Å². The van der Waals surface area contributed by atoms with Crippen molar-refractivity contribution in [2.24, 2.45) is 0 Å². The summed E-state index contributed by atoms with van der Waals surface area (Å²) in [4.78, 5) is 21.4. The number of hydrogen-bond donors (Lipinski definition) is 1. The molecule has 0 bridgehead atoms. The summed E-state index contributed by atoms with van der Waals surface area (Å²) >= 11 is 0. The van der Waals surface area contributed by atoms with Crippen LogP contribution in [-0.2, 0) is 6.42 Å². The number of fused-ring (bicyclic) bond motifs is 1. The average Bonchev–Trinajstić information content (AvgIpc) is 3.82. The average molecular weight is 563 g/mol. The van der Waals surface area contributed by atoms with E-state index in [1.807, 2.05) is 30.6 Å². The van der Waals surface area contributed by atoms with Gasteiger partial charge in [-0.05, 0) is 48.6 Å². The highest BCUT2D eigenvalue weighted by Crippen LogP contribution is 2.44. The summed E-state index contributed by atoms with van der Waals surface area (Å²) < 4.78 is 47.0. The molecule has 0 unspecified atom stereocenters. The number of aromatic nitrogens is 4. The van der Waals surface area contributed by atoms with Crippen LogP contribution >= 0.6 is 0 Å². The highest BCUT2D eigenvalue weighted by atomic mass is 19.4. The molecule has 0 amide bonds. The molecule has 0 spiro atoms. The van der Waals surface area contributed by atoms with Crippen LogP contribution in [0.1, 0.15) is 35.6 Å². The fourth-order valence-electron chi connectivity index (χ4n) is 5.09. The number of ether oxygens (including phenoxy) is 2. The molecule has 6 rings (SSSR count). The van der Waals surface area contributed by atoms with Crippen LogP contribution in [0.25, 0.3) is 28.4 Å². The Balaban J connectivity index is 1.27. The van der Waals surface area contributed by atoms with E-state index in [0.29, 0.717) is 23.7 Å². The van der Waals surface area contributed by atoms with Crippen molar-refractivity contribution in [3.05, 3.63) is 71.8 Å². The van der Waals surface area contributed by atoms with Crippen molar-refractivity contribution in [1.29, 1.82) is 0 Å². The van der Waals surface area contributed by atoms with Gasteiger partial charge in [0, 0.05) is 73.3 Å². The number of halogens is 3. The molecular weight excluding hydrogens is 533 g/mol. The topological polar surface area (TPSA) is 85.3 Å². The largest absolute Gasteiger partial charge is 0.573 e. The standard InChI is InChI=1S/C30H29F3N6O2/c1-40-26-16-23(41-30(31,32)33)8-7-20(26)3-2-4-22-15-21(9-10-36-22)28-37-25-18-35-17-24(19-5-6-19)27(25)29(38-28)39-13-11-34-12-14-39/h2-3,7-10,15-19,34H,4-6,11-14H2,1H3/b3-2+. The smallest absolute Gasteiger partial charge is 0.496 e. The van der Waals surface area contributed by atoms with E-state index in [0.717, 1.165) is 54.2 Å². The number of alkyl halides is 3.